The Labute approximate surface area is 222 Å². The average molecular weight is 518 g/mol. The van der Waals surface area contributed by atoms with Crippen LogP contribution in [0, 0.1) is 0 Å². The molecule has 1 heterocycles. The van der Waals surface area contributed by atoms with Crippen molar-refractivity contribution in [2.45, 2.75) is 64.4 Å². The molecule has 200 valence electrons. The number of ether oxygens (including phenoxy) is 3. The maximum absolute atomic E-state index is 13.5. The fraction of sp³-hybridized carbons (Fsp3) is 0.400. The first-order valence-corrected chi connectivity index (χ1v) is 13.1. The topological polar surface area (TPSA) is 92.0 Å². The summed E-state index contributed by atoms with van der Waals surface area (Å²) in [6.45, 7) is 7.17. The van der Waals surface area contributed by atoms with Crippen molar-refractivity contribution in [3.8, 4) is 11.5 Å². The van der Waals surface area contributed by atoms with E-state index in [-0.39, 0.29) is 24.2 Å². The maximum atomic E-state index is 13.5. The zero-order valence-corrected chi connectivity index (χ0v) is 22.3. The van der Waals surface area contributed by atoms with Crippen LogP contribution in [0.1, 0.15) is 68.8 Å². The molecule has 1 aliphatic carbocycles. The Bertz CT molecular complexity index is 1390. The molecule has 0 saturated heterocycles. The largest absolute Gasteiger partial charge is 0.493 e. The first-order valence-electron chi connectivity index (χ1n) is 13.1. The third kappa shape index (κ3) is 6.30. The molecule has 0 radical (unpaired) electrons. The fourth-order valence-corrected chi connectivity index (χ4v) is 4.81. The molecular formula is C30H35N3O5. The summed E-state index contributed by atoms with van der Waals surface area (Å²) in [6, 6.07) is 11.0. The predicted octanol–water partition coefficient (Wildman–Crippen LogP) is 5.39. The van der Waals surface area contributed by atoms with Gasteiger partial charge in [-0.25, -0.2) is 9.78 Å². The molecule has 0 unspecified atom stereocenters. The van der Waals surface area contributed by atoms with Crippen LogP contribution in [0.15, 0.2) is 58.9 Å². The third-order valence-corrected chi connectivity index (χ3v) is 6.51. The van der Waals surface area contributed by atoms with E-state index < -0.39 is 5.97 Å². The lowest BCUT2D eigenvalue weighted by molar-refractivity contribution is -0.149. The number of para-hydroxylation sites is 1. The van der Waals surface area contributed by atoms with Crippen LogP contribution < -0.4 is 15.0 Å². The van der Waals surface area contributed by atoms with Crippen molar-refractivity contribution < 1.29 is 19.0 Å². The van der Waals surface area contributed by atoms with Gasteiger partial charge in [0.2, 0.25) is 0 Å². The number of rotatable bonds is 10. The molecule has 0 aliphatic heterocycles. The summed E-state index contributed by atoms with van der Waals surface area (Å²) in [6.07, 6.45) is 9.04. The van der Waals surface area contributed by atoms with Gasteiger partial charge in [0.25, 0.3) is 5.56 Å². The zero-order chi connectivity index (χ0) is 27.1. The summed E-state index contributed by atoms with van der Waals surface area (Å²) in [5.74, 6) is 1.31. The lowest BCUT2D eigenvalue weighted by atomic mass is 9.88. The number of nitrogens with zero attached hydrogens (tertiary/aromatic N) is 3. The van der Waals surface area contributed by atoms with E-state index in [1.165, 1.54) is 18.2 Å². The summed E-state index contributed by atoms with van der Waals surface area (Å²) in [7, 11) is 1.53. The van der Waals surface area contributed by atoms with Crippen LogP contribution in [0.25, 0.3) is 10.9 Å². The normalized spacial score (nSPS) is 14.2. The monoisotopic (exact) mass is 517 g/mol. The molecule has 1 fully saturated rings. The number of methoxy groups -OCH3 is 1. The first-order chi connectivity index (χ1) is 18.4. The van der Waals surface area contributed by atoms with Gasteiger partial charge >= 0.3 is 5.97 Å². The smallest absolute Gasteiger partial charge is 0.344 e. The lowest BCUT2D eigenvalue weighted by Crippen LogP contribution is -2.25. The molecule has 0 amide bonds. The number of esters is 1. The van der Waals surface area contributed by atoms with E-state index in [0.717, 1.165) is 31.2 Å². The molecule has 3 aromatic rings. The maximum Gasteiger partial charge on any atom is 0.344 e. The second-order valence-electron chi connectivity index (χ2n) is 9.72. The van der Waals surface area contributed by atoms with Crippen molar-refractivity contribution in [3.05, 3.63) is 76.4 Å². The van der Waals surface area contributed by atoms with Crippen molar-refractivity contribution in [1.82, 2.24) is 9.66 Å². The van der Waals surface area contributed by atoms with E-state index in [9.17, 15) is 9.59 Å². The van der Waals surface area contributed by atoms with Gasteiger partial charge in [-0.15, -0.1) is 6.58 Å². The first kappa shape index (κ1) is 27.1. The Hall–Kier alpha value is -3.94. The van der Waals surface area contributed by atoms with E-state index in [2.05, 4.69) is 11.7 Å². The van der Waals surface area contributed by atoms with E-state index in [1.54, 1.807) is 38.3 Å². The van der Waals surface area contributed by atoms with Gasteiger partial charge in [0.05, 0.1) is 30.3 Å². The standard InChI is InChI=1S/C30H35N3O5/c1-5-11-23-16-21(17-26(36-4)28(23)37-19-27(34)38-20(2)3)18-31-33-29(22-12-7-6-8-13-22)32-25-15-10-9-14-24(25)30(33)35/h5,9-10,14-18,20,22H,1,6-8,11-13,19H2,2-4H3. The van der Waals surface area contributed by atoms with Crippen LogP contribution >= 0.6 is 0 Å². The van der Waals surface area contributed by atoms with Gasteiger partial charge in [-0.1, -0.05) is 37.5 Å². The van der Waals surface area contributed by atoms with Crippen molar-refractivity contribution in [2.24, 2.45) is 5.10 Å². The number of hydrogen-bond acceptors (Lipinski definition) is 7. The molecule has 4 rings (SSSR count). The van der Waals surface area contributed by atoms with E-state index in [4.69, 9.17) is 19.2 Å². The van der Waals surface area contributed by atoms with E-state index >= 15 is 0 Å². The minimum atomic E-state index is -0.462. The number of carbonyl (C=O) groups excluding carboxylic acids is 1. The molecule has 2 aromatic carbocycles. The van der Waals surface area contributed by atoms with Gasteiger partial charge in [-0.05, 0) is 62.9 Å². The minimum Gasteiger partial charge on any atom is -0.493 e. The highest BCUT2D eigenvalue weighted by molar-refractivity contribution is 5.82. The van der Waals surface area contributed by atoms with Gasteiger partial charge in [0.1, 0.15) is 5.82 Å². The fourth-order valence-electron chi connectivity index (χ4n) is 4.81. The van der Waals surface area contributed by atoms with Gasteiger partial charge in [-0.3, -0.25) is 4.79 Å². The molecule has 1 saturated carbocycles. The van der Waals surface area contributed by atoms with E-state index in [0.29, 0.717) is 40.2 Å². The Kier molecular flexibility index (Phi) is 8.94. The van der Waals surface area contributed by atoms with Crippen LogP contribution in [-0.4, -0.2) is 41.7 Å². The van der Waals surface area contributed by atoms with Crippen LogP contribution in [-0.2, 0) is 16.0 Å². The highest BCUT2D eigenvalue weighted by Crippen LogP contribution is 2.34. The molecule has 1 aliphatic rings. The van der Waals surface area contributed by atoms with E-state index in [1.807, 2.05) is 24.3 Å². The summed E-state index contributed by atoms with van der Waals surface area (Å²) in [5, 5.41) is 5.17. The number of benzene rings is 2. The number of fused-ring (bicyclic) bond motifs is 1. The minimum absolute atomic E-state index is 0.186. The Balaban J connectivity index is 1.72. The molecule has 8 heteroatoms. The van der Waals surface area contributed by atoms with Crippen LogP contribution in [0.3, 0.4) is 0 Å². The predicted molar refractivity (Wildman–Crippen MR) is 148 cm³/mol. The SMILES string of the molecule is C=CCc1cc(C=Nn2c(C3CCCCC3)nc3ccccc3c2=O)cc(OC)c1OCC(=O)OC(C)C. The average Bonchev–Trinajstić information content (AvgIpc) is 2.91. The quantitative estimate of drug-likeness (QED) is 0.203. The Morgan fingerprint density at radius 1 is 1.21 bits per heavy atom. The highest BCUT2D eigenvalue weighted by Gasteiger charge is 2.22. The molecule has 0 atom stereocenters. The Morgan fingerprint density at radius 2 is 1.97 bits per heavy atom. The summed E-state index contributed by atoms with van der Waals surface area (Å²) >= 11 is 0. The van der Waals surface area contributed by atoms with Gasteiger partial charge in [-0.2, -0.15) is 9.78 Å². The van der Waals surface area contributed by atoms with Crippen LogP contribution in [0.5, 0.6) is 11.5 Å². The number of allylic oxidation sites excluding steroid dienone is 1. The number of carbonyl (C=O) groups is 1. The van der Waals surface area contributed by atoms with Crippen LogP contribution in [0.4, 0.5) is 0 Å². The molecule has 1 aromatic heterocycles. The number of hydrogen-bond donors (Lipinski definition) is 0. The summed E-state index contributed by atoms with van der Waals surface area (Å²) in [5.41, 5.74) is 1.99. The summed E-state index contributed by atoms with van der Waals surface area (Å²) in [4.78, 5) is 30.4. The third-order valence-electron chi connectivity index (χ3n) is 6.51. The Morgan fingerprint density at radius 3 is 2.68 bits per heavy atom. The van der Waals surface area contributed by atoms with Crippen LogP contribution in [0.2, 0.25) is 0 Å². The molecular weight excluding hydrogens is 482 g/mol. The molecule has 0 spiro atoms. The number of aromatic nitrogens is 2. The van der Waals surface area contributed by atoms with Gasteiger partial charge in [0, 0.05) is 11.5 Å². The molecule has 8 nitrogen and oxygen atoms in total. The van der Waals surface area contributed by atoms with Crippen molar-refractivity contribution >= 4 is 23.1 Å². The highest BCUT2D eigenvalue weighted by atomic mass is 16.6. The second kappa shape index (κ2) is 12.5. The molecule has 0 bridgehead atoms. The van der Waals surface area contributed by atoms with Gasteiger partial charge < -0.3 is 14.2 Å². The van der Waals surface area contributed by atoms with Crippen molar-refractivity contribution in [2.75, 3.05) is 13.7 Å². The molecule has 0 N–H and O–H groups in total. The summed E-state index contributed by atoms with van der Waals surface area (Å²) < 4.78 is 18.0. The van der Waals surface area contributed by atoms with Crippen molar-refractivity contribution in [3.63, 3.8) is 0 Å². The lowest BCUT2D eigenvalue weighted by Gasteiger charge is -2.22. The van der Waals surface area contributed by atoms with Gasteiger partial charge in [0.15, 0.2) is 18.1 Å². The second-order valence-corrected chi connectivity index (χ2v) is 9.72. The zero-order valence-electron chi connectivity index (χ0n) is 22.3. The van der Waals surface area contributed by atoms with Crippen molar-refractivity contribution in [1.29, 1.82) is 0 Å². The molecule has 38 heavy (non-hydrogen) atoms.